The average molecular weight is 366 g/mol. The van der Waals surface area contributed by atoms with Crippen molar-refractivity contribution in [1.82, 2.24) is 10.1 Å². The Labute approximate surface area is 145 Å². The first-order valence-corrected chi connectivity index (χ1v) is 9.21. The molecule has 0 aliphatic carbocycles. The van der Waals surface area contributed by atoms with Gasteiger partial charge in [-0.25, -0.2) is 4.79 Å². The summed E-state index contributed by atoms with van der Waals surface area (Å²) in [6.07, 6.45) is 0.237. The maximum absolute atomic E-state index is 12.2. The highest BCUT2D eigenvalue weighted by Gasteiger charge is 2.27. The van der Waals surface area contributed by atoms with Crippen molar-refractivity contribution in [3.8, 4) is 5.88 Å². The Balaban J connectivity index is 1.68. The fourth-order valence-corrected chi connectivity index (χ4v) is 3.59. The number of likely N-dealkylation sites (tertiary alicyclic amines) is 1. The molecule has 1 aliphatic heterocycles. The number of carbonyl (C=O) groups is 1. The zero-order valence-electron chi connectivity index (χ0n) is 13.6. The van der Waals surface area contributed by atoms with Crippen LogP contribution in [0.1, 0.15) is 30.1 Å². The van der Waals surface area contributed by atoms with Crippen LogP contribution < -0.4 is 4.18 Å². The molecule has 1 aliphatic rings. The Kier molecular flexibility index (Phi) is 4.67. The van der Waals surface area contributed by atoms with E-state index in [1.807, 2.05) is 6.92 Å². The monoisotopic (exact) mass is 366 g/mol. The molecule has 1 amide bonds. The van der Waals surface area contributed by atoms with E-state index in [1.54, 1.807) is 12.1 Å². The van der Waals surface area contributed by atoms with Crippen LogP contribution in [-0.4, -0.2) is 42.8 Å². The van der Waals surface area contributed by atoms with Crippen LogP contribution in [0.3, 0.4) is 0 Å². The third-order valence-corrected chi connectivity index (χ3v) is 5.42. The Morgan fingerprint density at radius 2 is 1.92 bits per heavy atom. The van der Waals surface area contributed by atoms with Crippen molar-refractivity contribution in [1.29, 1.82) is 0 Å². The highest BCUT2D eigenvalue weighted by Crippen LogP contribution is 2.30. The van der Waals surface area contributed by atoms with Crippen LogP contribution in [0.5, 0.6) is 5.88 Å². The van der Waals surface area contributed by atoms with Crippen molar-refractivity contribution in [3.63, 3.8) is 0 Å². The molecule has 0 radical (unpaired) electrons. The Bertz CT molecular complexity index is 851. The van der Waals surface area contributed by atoms with Gasteiger partial charge in [-0.15, -0.1) is 0 Å². The van der Waals surface area contributed by atoms with E-state index in [0.717, 1.165) is 5.56 Å². The lowest BCUT2D eigenvalue weighted by atomic mass is 9.95. The lowest BCUT2D eigenvalue weighted by molar-refractivity contribution is 0.129. The van der Waals surface area contributed by atoms with Crippen molar-refractivity contribution < 1.29 is 27.0 Å². The number of aryl methyl sites for hydroxylation is 1. The highest BCUT2D eigenvalue weighted by atomic mass is 32.2. The molecule has 25 heavy (non-hydrogen) atoms. The van der Waals surface area contributed by atoms with Gasteiger partial charge < -0.3 is 18.7 Å². The number of nitrogens with zero attached hydrogens (tertiary/aromatic N) is 2. The van der Waals surface area contributed by atoms with Gasteiger partial charge >= 0.3 is 16.2 Å². The first kappa shape index (κ1) is 17.3. The van der Waals surface area contributed by atoms with E-state index in [1.165, 1.54) is 23.1 Å². The number of benzene rings is 1. The lowest BCUT2D eigenvalue weighted by Gasteiger charge is -2.28. The van der Waals surface area contributed by atoms with E-state index in [0.29, 0.717) is 31.7 Å². The molecule has 0 saturated carbocycles. The molecule has 9 heteroatoms. The van der Waals surface area contributed by atoms with Crippen LogP contribution in [-0.2, 0) is 10.1 Å². The molecule has 0 bridgehead atoms. The van der Waals surface area contributed by atoms with E-state index in [2.05, 4.69) is 5.16 Å². The molecule has 1 N–H and O–H groups in total. The molecule has 8 nitrogen and oxygen atoms in total. The minimum Gasteiger partial charge on any atom is -0.465 e. The predicted molar refractivity (Wildman–Crippen MR) is 87.1 cm³/mol. The Hall–Kier alpha value is -2.55. The number of hydrogen-bond acceptors (Lipinski definition) is 6. The zero-order chi connectivity index (χ0) is 18.0. The summed E-state index contributed by atoms with van der Waals surface area (Å²) < 4.78 is 34.7. The third kappa shape index (κ3) is 3.93. The van der Waals surface area contributed by atoms with Gasteiger partial charge in [-0.3, -0.25) is 0 Å². The van der Waals surface area contributed by atoms with Crippen LogP contribution in [0.15, 0.2) is 39.8 Å². The number of hydrogen-bond donors (Lipinski definition) is 1. The minimum absolute atomic E-state index is 0.0115. The summed E-state index contributed by atoms with van der Waals surface area (Å²) in [4.78, 5) is 12.3. The van der Waals surface area contributed by atoms with Gasteiger partial charge in [-0.2, -0.15) is 8.42 Å². The summed E-state index contributed by atoms with van der Waals surface area (Å²) >= 11 is 0. The van der Waals surface area contributed by atoms with Gasteiger partial charge in [-0.1, -0.05) is 17.7 Å². The summed E-state index contributed by atoms with van der Waals surface area (Å²) in [6, 6.07) is 7.74. The second-order valence-electron chi connectivity index (χ2n) is 5.96. The molecule has 1 aromatic heterocycles. The number of carboxylic acid groups (broad SMARTS) is 1. The van der Waals surface area contributed by atoms with E-state index in [-0.39, 0.29) is 16.7 Å². The summed E-state index contributed by atoms with van der Waals surface area (Å²) in [6.45, 7) is 2.66. The first-order chi connectivity index (χ1) is 11.8. The zero-order valence-corrected chi connectivity index (χ0v) is 14.4. The molecule has 3 rings (SSSR count). The maximum Gasteiger partial charge on any atom is 0.407 e. The molecule has 1 fully saturated rings. The fraction of sp³-hybridized carbons (Fsp3) is 0.375. The fourth-order valence-electron chi connectivity index (χ4n) is 2.72. The highest BCUT2D eigenvalue weighted by molar-refractivity contribution is 7.87. The van der Waals surface area contributed by atoms with Crippen LogP contribution in [0.2, 0.25) is 0 Å². The van der Waals surface area contributed by atoms with Gasteiger partial charge in [0.25, 0.3) is 5.88 Å². The Morgan fingerprint density at radius 1 is 1.28 bits per heavy atom. The van der Waals surface area contributed by atoms with Gasteiger partial charge in [0, 0.05) is 25.1 Å². The molecular weight excluding hydrogens is 348 g/mol. The van der Waals surface area contributed by atoms with E-state index in [9.17, 15) is 13.2 Å². The number of amides is 1. The van der Waals surface area contributed by atoms with Gasteiger partial charge in [-0.05, 0) is 37.1 Å². The van der Waals surface area contributed by atoms with E-state index < -0.39 is 16.2 Å². The SMILES string of the molecule is Cc1ccc(S(=O)(=O)Oc2cc(C3CCN(C(=O)O)CC3)on2)cc1. The van der Waals surface area contributed by atoms with Crippen LogP contribution in [0.4, 0.5) is 4.79 Å². The first-order valence-electron chi connectivity index (χ1n) is 7.81. The normalized spacial score (nSPS) is 16.0. The minimum atomic E-state index is -3.98. The van der Waals surface area contributed by atoms with Crippen LogP contribution >= 0.6 is 0 Å². The van der Waals surface area contributed by atoms with Crippen molar-refractivity contribution >= 4 is 16.2 Å². The molecule has 134 valence electrons. The topological polar surface area (TPSA) is 110 Å². The second-order valence-corrected chi connectivity index (χ2v) is 7.51. The van der Waals surface area contributed by atoms with Crippen molar-refractivity contribution in [2.24, 2.45) is 0 Å². The van der Waals surface area contributed by atoms with Crippen LogP contribution in [0.25, 0.3) is 0 Å². The molecule has 2 heterocycles. The summed E-state index contributed by atoms with van der Waals surface area (Å²) in [5, 5.41) is 12.6. The van der Waals surface area contributed by atoms with Gasteiger partial charge in [0.1, 0.15) is 10.7 Å². The molecule has 2 aromatic rings. The molecule has 0 spiro atoms. The maximum atomic E-state index is 12.2. The Morgan fingerprint density at radius 3 is 2.52 bits per heavy atom. The van der Waals surface area contributed by atoms with Crippen LogP contribution in [0, 0.1) is 6.92 Å². The van der Waals surface area contributed by atoms with E-state index >= 15 is 0 Å². The standard InChI is InChI=1S/C16H18N2O6S/c1-11-2-4-13(5-3-11)25(21,22)24-15-10-14(23-17-15)12-6-8-18(9-7-12)16(19)20/h2-5,10,12H,6-9H2,1H3,(H,19,20). The number of aromatic nitrogens is 1. The largest absolute Gasteiger partial charge is 0.465 e. The van der Waals surface area contributed by atoms with Crippen molar-refractivity contribution in [2.45, 2.75) is 30.6 Å². The smallest absolute Gasteiger partial charge is 0.407 e. The van der Waals surface area contributed by atoms with Crippen molar-refractivity contribution in [3.05, 3.63) is 41.7 Å². The molecular formula is C16H18N2O6S. The molecule has 1 saturated heterocycles. The van der Waals surface area contributed by atoms with Gasteiger partial charge in [0.15, 0.2) is 0 Å². The molecule has 0 unspecified atom stereocenters. The quantitative estimate of drug-likeness (QED) is 0.828. The number of piperidine rings is 1. The van der Waals surface area contributed by atoms with E-state index in [4.69, 9.17) is 13.8 Å². The van der Waals surface area contributed by atoms with Gasteiger partial charge in [0.2, 0.25) is 0 Å². The molecule has 1 aromatic carbocycles. The number of rotatable bonds is 4. The summed E-state index contributed by atoms with van der Waals surface area (Å²) in [7, 11) is -3.98. The lowest BCUT2D eigenvalue weighted by Crippen LogP contribution is -2.36. The third-order valence-electron chi connectivity index (χ3n) is 4.18. The second kappa shape index (κ2) is 6.75. The molecule has 0 atom stereocenters. The average Bonchev–Trinajstić information content (AvgIpc) is 3.03. The summed E-state index contributed by atoms with van der Waals surface area (Å²) in [5.41, 5.74) is 0.940. The van der Waals surface area contributed by atoms with Gasteiger partial charge in [0.05, 0.1) is 0 Å². The van der Waals surface area contributed by atoms with Crippen molar-refractivity contribution in [2.75, 3.05) is 13.1 Å². The summed E-state index contributed by atoms with van der Waals surface area (Å²) in [5.74, 6) is 0.359. The predicted octanol–water partition coefficient (Wildman–Crippen LogP) is 2.61.